The fraction of sp³-hybridized carbons (Fsp3) is 0.429. The van der Waals surface area contributed by atoms with Gasteiger partial charge in [0.25, 0.3) is 0 Å². The van der Waals surface area contributed by atoms with Gasteiger partial charge in [0.15, 0.2) is 0 Å². The highest BCUT2D eigenvalue weighted by Crippen LogP contribution is 2.38. The number of rotatable bonds is 2. The van der Waals surface area contributed by atoms with E-state index in [0.29, 0.717) is 19.4 Å². The molecule has 2 unspecified atom stereocenters. The summed E-state index contributed by atoms with van der Waals surface area (Å²) in [5.41, 5.74) is 1.19. The van der Waals surface area contributed by atoms with Gasteiger partial charge in [-0.15, -0.1) is 11.8 Å². The standard InChI is InChI=1S/C14H15NO3S/c16-13(15-7-3-5-10(15)14(17)18)12-8-9-4-1-2-6-11(9)19-12/h1-2,4,6,10,12H,3,5,7-8H2,(H,17,18). The molecule has 19 heavy (non-hydrogen) atoms. The van der Waals surface area contributed by atoms with E-state index in [9.17, 15) is 9.59 Å². The lowest BCUT2D eigenvalue weighted by molar-refractivity contribution is -0.148. The van der Waals surface area contributed by atoms with E-state index < -0.39 is 12.0 Å². The number of fused-ring (bicyclic) bond motifs is 1. The Kier molecular flexibility index (Phi) is 3.22. The van der Waals surface area contributed by atoms with Crippen molar-refractivity contribution in [3.63, 3.8) is 0 Å². The van der Waals surface area contributed by atoms with Crippen molar-refractivity contribution in [2.75, 3.05) is 6.54 Å². The van der Waals surface area contributed by atoms with Gasteiger partial charge in [0.2, 0.25) is 5.91 Å². The van der Waals surface area contributed by atoms with E-state index in [0.717, 1.165) is 11.3 Å². The van der Waals surface area contributed by atoms with Crippen molar-refractivity contribution in [1.29, 1.82) is 0 Å². The predicted octanol–water partition coefficient (Wildman–Crippen LogP) is 1.78. The maximum absolute atomic E-state index is 12.5. The van der Waals surface area contributed by atoms with Crippen molar-refractivity contribution in [3.8, 4) is 0 Å². The van der Waals surface area contributed by atoms with Gasteiger partial charge in [-0.1, -0.05) is 18.2 Å². The Morgan fingerprint density at radius 2 is 2.11 bits per heavy atom. The molecule has 2 aliphatic rings. The van der Waals surface area contributed by atoms with Crippen LogP contribution >= 0.6 is 11.8 Å². The molecule has 2 aliphatic heterocycles. The fourth-order valence-electron chi connectivity index (χ4n) is 2.79. The van der Waals surface area contributed by atoms with Crippen molar-refractivity contribution in [1.82, 2.24) is 4.90 Å². The number of hydrogen-bond acceptors (Lipinski definition) is 3. The van der Waals surface area contributed by atoms with Crippen molar-refractivity contribution in [3.05, 3.63) is 29.8 Å². The Balaban J connectivity index is 1.74. The third-order valence-corrected chi connectivity index (χ3v) is 5.05. The molecule has 3 rings (SSSR count). The summed E-state index contributed by atoms with van der Waals surface area (Å²) in [5.74, 6) is -0.905. The molecule has 5 heteroatoms. The van der Waals surface area contributed by atoms with Crippen LogP contribution in [0.25, 0.3) is 0 Å². The number of likely N-dealkylation sites (tertiary alicyclic amines) is 1. The molecule has 0 aromatic heterocycles. The highest BCUT2D eigenvalue weighted by molar-refractivity contribution is 8.01. The second kappa shape index (κ2) is 4.89. The minimum Gasteiger partial charge on any atom is -0.480 e. The largest absolute Gasteiger partial charge is 0.480 e. The molecule has 100 valence electrons. The molecule has 0 radical (unpaired) electrons. The van der Waals surface area contributed by atoms with Crippen molar-refractivity contribution >= 4 is 23.6 Å². The zero-order valence-corrected chi connectivity index (χ0v) is 11.2. The van der Waals surface area contributed by atoms with Gasteiger partial charge >= 0.3 is 5.97 Å². The third-order valence-electron chi connectivity index (χ3n) is 3.74. The van der Waals surface area contributed by atoms with Gasteiger partial charge in [0.1, 0.15) is 6.04 Å². The molecule has 0 aliphatic carbocycles. The number of hydrogen-bond donors (Lipinski definition) is 1. The molecule has 1 N–H and O–H groups in total. The van der Waals surface area contributed by atoms with Crippen LogP contribution in [0, 0.1) is 0 Å². The van der Waals surface area contributed by atoms with E-state index in [4.69, 9.17) is 5.11 Å². The van der Waals surface area contributed by atoms with E-state index in [-0.39, 0.29) is 11.2 Å². The smallest absolute Gasteiger partial charge is 0.326 e. The van der Waals surface area contributed by atoms with Crippen LogP contribution in [-0.4, -0.2) is 39.7 Å². The molecule has 2 heterocycles. The SMILES string of the molecule is O=C(O)C1CCCN1C(=O)C1Cc2ccccc2S1. The van der Waals surface area contributed by atoms with Crippen LogP contribution in [0.5, 0.6) is 0 Å². The van der Waals surface area contributed by atoms with Crippen molar-refractivity contribution < 1.29 is 14.7 Å². The van der Waals surface area contributed by atoms with Crippen LogP contribution in [0.2, 0.25) is 0 Å². The summed E-state index contributed by atoms with van der Waals surface area (Å²) in [6.45, 7) is 0.573. The average molecular weight is 277 g/mol. The molecule has 0 spiro atoms. The van der Waals surface area contributed by atoms with E-state index >= 15 is 0 Å². The Morgan fingerprint density at radius 3 is 2.84 bits per heavy atom. The number of amides is 1. The lowest BCUT2D eigenvalue weighted by Crippen LogP contribution is -2.44. The Hall–Kier alpha value is -1.49. The minimum atomic E-state index is -0.883. The van der Waals surface area contributed by atoms with E-state index in [1.807, 2.05) is 24.3 Å². The van der Waals surface area contributed by atoms with Gasteiger partial charge in [0.05, 0.1) is 5.25 Å². The van der Waals surface area contributed by atoms with Gasteiger partial charge in [-0.2, -0.15) is 0 Å². The maximum Gasteiger partial charge on any atom is 0.326 e. The van der Waals surface area contributed by atoms with Crippen LogP contribution in [0.1, 0.15) is 18.4 Å². The summed E-state index contributed by atoms with van der Waals surface area (Å²) >= 11 is 1.56. The van der Waals surface area contributed by atoms with E-state index in [1.54, 1.807) is 16.7 Å². The summed E-state index contributed by atoms with van der Waals surface area (Å²) in [6.07, 6.45) is 2.07. The van der Waals surface area contributed by atoms with Crippen LogP contribution in [-0.2, 0) is 16.0 Å². The third kappa shape index (κ3) is 2.23. The first-order chi connectivity index (χ1) is 9.16. The van der Waals surface area contributed by atoms with Gasteiger partial charge in [-0.25, -0.2) is 4.79 Å². The Bertz CT molecular complexity index is 506. The highest BCUT2D eigenvalue weighted by atomic mass is 32.2. The molecular formula is C14H15NO3S. The van der Waals surface area contributed by atoms with Gasteiger partial charge in [-0.3, -0.25) is 4.79 Å². The molecule has 0 saturated carbocycles. The molecule has 4 nitrogen and oxygen atoms in total. The number of aliphatic carboxylic acids is 1. The highest BCUT2D eigenvalue weighted by Gasteiger charge is 2.39. The Labute approximate surface area is 115 Å². The second-order valence-corrected chi connectivity index (χ2v) is 6.19. The summed E-state index contributed by atoms with van der Waals surface area (Å²) < 4.78 is 0. The summed E-state index contributed by atoms with van der Waals surface area (Å²) in [7, 11) is 0. The number of carbonyl (C=O) groups is 2. The van der Waals surface area contributed by atoms with Gasteiger partial charge in [0, 0.05) is 11.4 Å². The van der Waals surface area contributed by atoms with E-state index in [2.05, 4.69) is 0 Å². The van der Waals surface area contributed by atoms with E-state index in [1.165, 1.54) is 5.56 Å². The van der Waals surface area contributed by atoms with Crippen molar-refractivity contribution in [2.45, 2.75) is 35.4 Å². The molecule has 1 saturated heterocycles. The number of carbonyl (C=O) groups excluding carboxylic acids is 1. The molecular weight excluding hydrogens is 262 g/mol. The molecule has 0 bridgehead atoms. The first kappa shape index (κ1) is 12.5. The number of benzene rings is 1. The van der Waals surface area contributed by atoms with Crippen LogP contribution in [0.4, 0.5) is 0 Å². The molecule has 1 fully saturated rings. The fourth-order valence-corrected chi connectivity index (χ4v) is 4.06. The normalized spacial score (nSPS) is 25.4. The number of thioether (sulfide) groups is 1. The van der Waals surface area contributed by atoms with Crippen molar-refractivity contribution in [2.24, 2.45) is 0 Å². The molecule has 1 aromatic carbocycles. The van der Waals surface area contributed by atoms with Crippen LogP contribution in [0.15, 0.2) is 29.2 Å². The lowest BCUT2D eigenvalue weighted by atomic mass is 10.1. The summed E-state index contributed by atoms with van der Waals surface area (Å²) in [6, 6.07) is 7.37. The number of carboxylic acids is 1. The minimum absolute atomic E-state index is 0.0221. The van der Waals surface area contributed by atoms with Crippen LogP contribution in [0.3, 0.4) is 0 Å². The lowest BCUT2D eigenvalue weighted by Gasteiger charge is -2.24. The quantitative estimate of drug-likeness (QED) is 0.895. The average Bonchev–Trinajstić information content (AvgIpc) is 3.04. The zero-order valence-electron chi connectivity index (χ0n) is 10.4. The topological polar surface area (TPSA) is 57.6 Å². The van der Waals surface area contributed by atoms with Gasteiger partial charge < -0.3 is 10.0 Å². The number of carboxylic acid groups (broad SMARTS) is 1. The molecule has 2 atom stereocenters. The maximum atomic E-state index is 12.5. The summed E-state index contributed by atoms with van der Waals surface area (Å²) in [5, 5.41) is 8.99. The molecule has 1 aromatic rings. The summed E-state index contributed by atoms with van der Waals surface area (Å²) in [4.78, 5) is 26.3. The zero-order chi connectivity index (χ0) is 13.4. The van der Waals surface area contributed by atoms with Gasteiger partial charge in [-0.05, 0) is 30.9 Å². The molecule has 1 amide bonds. The predicted molar refractivity (Wildman–Crippen MR) is 72.2 cm³/mol. The Morgan fingerprint density at radius 1 is 1.32 bits per heavy atom. The van der Waals surface area contributed by atoms with Crippen LogP contribution < -0.4 is 0 Å². The first-order valence-electron chi connectivity index (χ1n) is 6.44. The number of nitrogens with zero attached hydrogens (tertiary/aromatic N) is 1. The second-order valence-electron chi connectivity index (χ2n) is 4.95. The monoisotopic (exact) mass is 277 g/mol. The first-order valence-corrected chi connectivity index (χ1v) is 7.32.